The van der Waals surface area contributed by atoms with Crippen LogP contribution in [0.4, 0.5) is 11.4 Å². The molecule has 1 aliphatic rings. The van der Waals surface area contributed by atoms with Crippen molar-refractivity contribution >= 4 is 23.5 Å². The number of isocyanates is 2. The fraction of sp³-hybridized carbons (Fsp3) is 0.500. The van der Waals surface area contributed by atoms with Gasteiger partial charge in [0.25, 0.3) is 0 Å². The van der Waals surface area contributed by atoms with Gasteiger partial charge in [0.1, 0.15) is 0 Å². The molecule has 0 heterocycles. The summed E-state index contributed by atoms with van der Waals surface area (Å²) < 4.78 is 0. The average molecular weight is 270 g/mol. The van der Waals surface area contributed by atoms with Gasteiger partial charge in [-0.2, -0.15) is 9.98 Å². The Morgan fingerprint density at radius 3 is 2.30 bits per heavy atom. The second kappa shape index (κ2) is 5.16. The van der Waals surface area contributed by atoms with Crippen LogP contribution >= 0.6 is 0 Å². The number of aliphatic imine (C=N–C) groups is 2. The lowest BCUT2D eigenvalue weighted by molar-refractivity contribution is 0.523. The monoisotopic (exact) mass is 270 g/mol. The molecule has 4 heteroatoms. The smallest absolute Gasteiger partial charge is 0.211 e. The van der Waals surface area contributed by atoms with Gasteiger partial charge in [-0.25, -0.2) is 9.59 Å². The molecule has 104 valence electrons. The maximum atomic E-state index is 10.7. The summed E-state index contributed by atoms with van der Waals surface area (Å²) in [6.45, 7) is 8.45. The third-order valence-corrected chi connectivity index (χ3v) is 4.02. The highest BCUT2D eigenvalue weighted by atomic mass is 16.1. The van der Waals surface area contributed by atoms with Gasteiger partial charge in [0.2, 0.25) is 12.2 Å². The van der Waals surface area contributed by atoms with Crippen molar-refractivity contribution in [2.75, 3.05) is 0 Å². The largest absolute Gasteiger partial charge is 0.240 e. The molecule has 4 nitrogen and oxygen atoms in total. The van der Waals surface area contributed by atoms with Crippen LogP contribution in [0.25, 0.3) is 0 Å². The molecule has 1 aromatic carbocycles. The summed E-state index contributed by atoms with van der Waals surface area (Å²) in [6.07, 6.45) is 5.11. The maximum Gasteiger partial charge on any atom is 0.240 e. The van der Waals surface area contributed by atoms with Crippen molar-refractivity contribution in [3.05, 3.63) is 22.8 Å². The van der Waals surface area contributed by atoms with Crippen LogP contribution in [-0.4, -0.2) is 12.2 Å². The van der Waals surface area contributed by atoms with Crippen LogP contribution in [0, 0.1) is 0 Å². The second-order valence-electron chi connectivity index (χ2n) is 6.13. The number of fused-ring (bicyclic) bond motifs is 1. The zero-order valence-electron chi connectivity index (χ0n) is 12.3. The standard InChI is InChI=1S/C16H18N2O2/c1-10(2)14-11-5-6-16(3,4)15(11)13(18-9-20)7-12(14)17-8-19/h7,10H,5-6H2,1-4H3. The molecule has 0 N–H and O–H groups in total. The molecule has 1 aromatic rings. The first-order valence-corrected chi connectivity index (χ1v) is 6.78. The van der Waals surface area contributed by atoms with E-state index in [1.807, 2.05) is 0 Å². The fourth-order valence-electron chi connectivity index (χ4n) is 3.22. The lowest BCUT2D eigenvalue weighted by Gasteiger charge is -2.23. The summed E-state index contributed by atoms with van der Waals surface area (Å²) in [5, 5.41) is 0. The Labute approximate surface area is 118 Å². The van der Waals surface area contributed by atoms with Crippen LogP contribution in [0.5, 0.6) is 0 Å². The van der Waals surface area contributed by atoms with Crippen molar-refractivity contribution in [1.29, 1.82) is 0 Å². The minimum atomic E-state index is -0.0297. The molecule has 20 heavy (non-hydrogen) atoms. The van der Waals surface area contributed by atoms with Gasteiger partial charge in [-0.1, -0.05) is 27.7 Å². The van der Waals surface area contributed by atoms with Crippen molar-refractivity contribution in [3.8, 4) is 0 Å². The van der Waals surface area contributed by atoms with Gasteiger partial charge >= 0.3 is 0 Å². The molecule has 2 rings (SSSR count). The Morgan fingerprint density at radius 1 is 1.15 bits per heavy atom. The van der Waals surface area contributed by atoms with E-state index in [1.54, 1.807) is 18.2 Å². The van der Waals surface area contributed by atoms with E-state index in [0.717, 1.165) is 24.0 Å². The molecular weight excluding hydrogens is 252 g/mol. The van der Waals surface area contributed by atoms with E-state index in [4.69, 9.17) is 0 Å². The Kier molecular flexibility index (Phi) is 3.71. The highest BCUT2D eigenvalue weighted by Gasteiger charge is 2.35. The first kappa shape index (κ1) is 14.4. The van der Waals surface area contributed by atoms with Gasteiger partial charge in [0, 0.05) is 0 Å². The van der Waals surface area contributed by atoms with E-state index in [0.29, 0.717) is 11.4 Å². The highest BCUT2D eigenvalue weighted by Crippen LogP contribution is 2.49. The van der Waals surface area contributed by atoms with Crippen molar-refractivity contribution in [2.45, 2.75) is 51.9 Å². The fourth-order valence-corrected chi connectivity index (χ4v) is 3.22. The predicted molar refractivity (Wildman–Crippen MR) is 77.4 cm³/mol. The Hall–Kier alpha value is -2.02. The van der Waals surface area contributed by atoms with Crippen LogP contribution in [0.1, 0.15) is 56.7 Å². The summed E-state index contributed by atoms with van der Waals surface area (Å²) in [5.41, 5.74) is 4.46. The van der Waals surface area contributed by atoms with E-state index in [1.165, 1.54) is 5.56 Å². The van der Waals surface area contributed by atoms with Gasteiger partial charge in [0.15, 0.2) is 0 Å². The predicted octanol–water partition coefficient (Wildman–Crippen LogP) is 3.97. The molecule has 0 saturated heterocycles. The molecule has 0 fully saturated rings. The van der Waals surface area contributed by atoms with Crippen LogP contribution in [0.15, 0.2) is 16.1 Å². The minimum Gasteiger partial charge on any atom is -0.211 e. The van der Waals surface area contributed by atoms with Crippen molar-refractivity contribution in [3.63, 3.8) is 0 Å². The quantitative estimate of drug-likeness (QED) is 0.616. The van der Waals surface area contributed by atoms with E-state index in [2.05, 4.69) is 37.7 Å². The maximum absolute atomic E-state index is 10.7. The summed E-state index contributed by atoms with van der Waals surface area (Å²) in [7, 11) is 0. The summed E-state index contributed by atoms with van der Waals surface area (Å²) >= 11 is 0. The molecule has 0 radical (unpaired) electrons. The van der Waals surface area contributed by atoms with E-state index < -0.39 is 0 Å². The highest BCUT2D eigenvalue weighted by molar-refractivity contribution is 5.72. The van der Waals surface area contributed by atoms with Crippen LogP contribution in [0.2, 0.25) is 0 Å². The first-order chi connectivity index (χ1) is 9.42. The molecule has 0 aromatic heterocycles. The number of hydrogen-bond acceptors (Lipinski definition) is 4. The Morgan fingerprint density at radius 2 is 1.75 bits per heavy atom. The normalized spacial score (nSPS) is 15.4. The van der Waals surface area contributed by atoms with Crippen LogP contribution in [-0.2, 0) is 21.4 Å². The number of carbonyl (C=O) groups excluding carboxylic acids is 2. The lowest BCUT2D eigenvalue weighted by Crippen LogP contribution is -2.12. The number of rotatable bonds is 3. The van der Waals surface area contributed by atoms with Gasteiger partial charge in [-0.05, 0) is 46.9 Å². The van der Waals surface area contributed by atoms with Gasteiger partial charge in [-0.3, -0.25) is 0 Å². The van der Waals surface area contributed by atoms with Gasteiger partial charge < -0.3 is 0 Å². The van der Waals surface area contributed by atoms with Crippen molar-refractivity contribution < 1.29 is 9.59 Å². The molecule has 0 spiro atoms. The topological polar surface area (TPSA) is 58.9 Å². The SMILES string of the molecule is CC(C)c1c(N=C=O)cc(N=C=O)c2c1CCC2(C)C. The average Bonchev–Trinajstić information content (AvgIpc) is 2.66. The molecule has 0 bridgehead atoms. The van der Waals surface area contributed by atoms with Gasteiger partial charge in [0.05, 0.1) is 11.4 Å². The lowest BCUT2D eigenvalue weighted by atomic mass is 9.83. The molecule has 0 atom stereocenters. The molecule has 0 unspecified atom stereocenters. The second-order valence-corrected chi connectivity index (χ2v) is 6.13. The van der Waals surface area contributed by atoms with E-state index in [9.17, 15) is 9.59 Å². The summed E-state index contributed by atoms with van der Waals surface area (Å²) in [5.74, 6) is 0.249. The van der Waals surface area contributed by atoms with E-state index in [-0.39, 0.29) is 11.3 Å². The van der Waals surface area contributed by atoms with E-state index >= 15 is 0 Å². The van der Waals surface area contributed by atoms with Crippen LogP contribution in [0.3, 0.4) is 0 Å². The third kappa shape index (κ3) is 2.24. The van der Waals surface area contributed by atoms with Crippen LogP contribution < -0.4 is 0 Å². The molecular formula is C16H18N2O2. The molecule has 0 saturated carbocycles. The van der Waals surface area contributed by atoms with Crippen molar-refractivity contribution in [1.82, 2.24) is 0 Å². The summed E-state index contributed by atoms with van der Waals surface area (Å²) in [6, 6.07) is 1.71. The third-order valence-electron chi connectivity index (χ3n) is 4.02. The van der Waals surface area contributed by atoms with Gasteiger partial charge in [-0.15, -0.1) is 0 Å². The molecule has 0 amide bonds. The zero-order valence-corrected chi connectivity index (χ0v) is 12.3. The zero-order chi connectivity index (χ0) is 14.9. The Balaban J connectivity index is 2.88. The number of hydrogen-bond donors (Lipinski definition) is 0. The first-order valence-electron chi connectivity index (χ1n) is 6.78. The van der Waals surface area contributed by atoms with Crippen molar-refractivity contribution in [2.24, 2.45) is 9.98 Å². The summed E-state index contributed by atoms with van der Waals surface area (Å²) in [4.78, 5) is 28.9. The minimum absolute atomic E-state index is 0.0297. The Bertz CT molecular complexity index is 647. The number of nitrogens with zero attached hydrogens (tertiary/aromatic N) is 2. The number of benzene rings is 1. The molecule has 1 aliphatic carbocycles. The molecule has 0 aliphatic heterocycles.